The first kappa shape index (κ1) is 21.5. The Balaban J connectivity index is 1.69. The third-order valence-electron chi connectivity index (χ3n) is 4.44. The minimum atomic E-state index is -3.63. The molecule has 2 N–H and O–H groups in total. The van der Waals surface area contributed by atoms with Crippen LogP contribution in [0.1, 0.15) is 28.8 Å². The average molecular weight is 431 g/mol. The molecule has 0 aromatic heterocycles. The van der Waals surface area contributed by atoms with Crippen LogP contribution in [0.5, 0.6) is 5.75 Å². The molecule has 1 heterocycles. The van der Waals surface area contributed by atoms with Crippen LogP contribution in [0.4, 0.5) is 0 Å². The zero-order chi connectivity index (χ0) is 21.6. The van der Waals surface area contributed by atoms with E-state index < -0.39 is 28.5 Å². The first-order valence-corrected chi connectivity index (χ1v) is 10.7. The largest absolute Gasteiger partial charge is 0.481 e. The van der Waals surface area contributed by atoms with Crippen molar-refractivity contribution in [1.29, 1.82) is 0 Å². The monoisotopic (exact) mass is 431 g/mol. The van der Waals surface area contributed by atoms with E-state index >= 15 is 0 Å². The standard InChI is InChI=1S/C20H21N3O6S/c24-19(25)14-29-18-9-2-1-6-16(18)13-21-22-20(26)15-7-5-8-17(12-15)30(27,28)23-10-3-4-11-23/h1-2,5-9,12-13H,3-4,10-11,14H2,(H,22,26)(H,24,25)/b21-13-. The molecule has 1 fully saturated rings. The first-order valence-electron chi connectivity index (χ1n) is 9.25. The predicted molar refractivity (Wildman–Crippen MR) is 109 cm³/mol. The highest BCUT2D eigenvalue weighted by Crippen LogP contribution is 2.21. The van der Waals surface area contributed by atoms with E-state index in [4.69, 9.17) is 9.84 Å². The lowest BCUT2D eigenvalue weighted by molar-refractivity contribution is -0.139. The molecule has 0 radical (unpaired) electrons. The van der Waals surface area contributed by atoms with Crippen molar-refractivity contribution in [3.05, 3.63) is 59.7 Å². The summed E-state index contributed by atoms with van der Waals surface area (Å²) >= 11 is 0. The van der Waals surface area contributed by atoms with E-state index in [0.29, 0.717) is 24.4 Å². The molecule has 9 nitrogen and oxygen atoms in total. The second-order valence-electron chi connectivity index (χ2n) is 6.56. The average Bonchev–Trinajstić information content (AvgIpc) is 3.29. The van der Waals surface area contributed by atoms with Gasteiger partial charge in [-0.3, -0.25) is 4.79 Å². The van der Waals surface area contributed by atoms with Gasteiger partial charge in [-0.2, -0.15) is 9.41 Å². The number of nitrogens with one attached hydrogen (secondary N) is 1. The van der Waals surface area contributed by atoms with Gasteiger partial charge >= 0.3 is 5.97 Å². The molecule has 1 aliphatic rings. The zero-order valence-corrected chi connectivity index (χ0v) is 16.8. The fourth-order valence-corrected chi connectivity index (χ4v) is 4.52. The molecule has 10 heteroatoms. The third kappa shape index (κ3) is 5.22. The van der Waals surface area contributed by atoms with Crippen molar-refractivity contribution in [1.82, 2.24) is 9.73 Å². The number of ether oxygens (including phenoxy) is 1. The molecule has 2 aromatic carbocycles. The lowest BCUT2D eigenvalue weighted by atomic mass is 10.2. The number of nitrogens with zero attached hydrogens (tertiary/aromatic N) is 2. The van der Waals surface area contributed by atoms with E-state index in [1.165, 1.54) is 34.8 Å². The van der Waals surface area contributed by atoms with E-state index in [1.54, 1.807) is 24.3 Å². The maximum absolute atomic E-state index is 12.7. The number of para-hydroxylation sites is 1. The molecule has 1 amide bonds. The number of hydrazone groups is 1. The van der Waals surface area contributed by atoms with Crippen LogP contribution in [0.15, 0.2) is 58.5 Å². The van der Waals surface area contributed by atoms with Crippen molar-refractivity contribution >= 4 is 28.1 Å². The molecule has 0 bridgehead atoms. The Morgan fingerprint density at radius 1 is 1.13 bits per heavy atom. The minimum absolute atomic E-state index is 0.0634. The van der Waals surface area contributed by atoms with E-state index in [0.717, 1.165) is 12.8 Å². The van der Waals surface area contributed by atoms with Crippen LogP contribution in [0.3, 0.4) is 0 Å². The number of hydrogen-bond acceptors (Lipinski definition) is 6. The molecule has 2 aromatic rings. The Morgan fingerprint density at radius 3 is 2.60 bits per heavy atom. The van der Waals surface area contributed by atoms with Gasteiger partial charge in [-0.05, 0) is 43.2 Å². The van der Waals surface area contributed by atoms with Gasteiger partial charge < -0.3 is 9.84 Å². The second kappa shape index (κ2) is 9.51. The summed E-state index contributed by atoms with van der Waals surface area (Å²) in [4.78, 5) is 23.1. The Kier molecular flexibility index (Phi) is 6.80. The number of amides is 1. The number of hydrogen-bond donors (Lipinski definition) is 2. The summed E-state index contributed by atoms with van der Waals surface area (Å²) in [5, 5.41) is 12.6. The van der Waals surface area contributed by atoms with Gasteiger partial charge in [0, 0.05) is 24.2 Å². The summed E-state index contributed by atoms with van der Waals surface area (Å²) < 4.78 is 31.9. The highest BCUT2D eigenvalue weighted by atomic mass is 32.2. The summed E-state index contributed by atoms with van der Waals surface area (Å²) in [6.45, 7) is 0.453. The molecule has 1 aliphatic heterocycles. The van der Waals surface area contributed by atoms with Crippen molar-refractivity contribution in [2.75, 3.05) is 19.7 Å². The Bertz CT molecular complexity index is 1060. The van der Waals surface area contributed by atoms with Crippen LogP contribution in [-0.4, -0.2) is 55.6 Å². The number of sulfonamides is 1. The van der Waals surface area contributed by atoms with Crippen molar-refractivity contribution < 1.29 is 27.9 Å². The summed E-state index contributed by atoms with van der Waals surface area (Å²) in [5.74, 6) is -1.39. The van der Waals surface area contributed by atoms with Gasteiger partial charge in [0.1, 0.15) is 5.75 Å². The summed E-state index contributed by atoms with van der Waals surface area (Å²) in [5.41, 5.74) is 2.97. The summed E-state index contributed by atoms with van der Waals surface area (Å²) in [6, 6.07) is 12.4. The molecule has 0 atom stereocenters. The number of rotatable bonds is 8. The maximum atomic E-state index is 12.7. The normalized spacial score (nSPS) is 14.7. The van der Waals surface area contributed by atoms with Gasteiger partial charge in [0.25, 0.3) is 5.91 Å². The van der Waals surface area contributed by atoms with Crippen LogP contribution in [0, 0.1) is 0 Å². The molecule has 0 spiro atoms. The zero-order valence-electron chi connectivity index (χ0n) is 16.0. The molecule has 1 saturated heterocycles. The van der Waals surface area contributed by atoms with Gasteiger partial charge in [0.2, 0.25) is 10.0 Å². The van der Waals surface area contributed by atoms with Crippen LogP contribution >= 0.6 is 0 Å². The topological polar surface area (TPSA) is 125 Å². The minimum Gasteiger partial charge on any atom is -0.481 e. The lowest BCUT2D eigenvalue weighted by Crippen LogP contribution is -2.28. The summed E-state index contributed by atoms with van der Waals surface area (Å²) in [6.07, 6.45) is 2.97. The van der Waals surface area contributed by atoms with Gasteiger partial charge in [0.15, 0.2) is 6.61 Å². The van der Waals surface area contributed by atoms with E-state index in [1.807, 2.05) is 0 Å². The SMILES string of the molecule is O=C(O)COc1ccccc1/C=N\NC(=O)c1cccc(S(=O)(=O)N2CCCC2)c1. The quantitative estimate of drug-likeness (QED) is 0.484. The van der Waals surface area contributed by atoms with Crippen molar-refractivity contribution in [3.63, 3.8) is 0 Å². The van der Waals surface area contributed by atoms with Crippen LogP contribution in [-0.2, 0) is 14.8 Å². The van der Waals surface area contributed by atoms with Crippen molar-refractivity contribution in [3.8, 4) is 5.75 Å². The van der Waals surface area contributed by atoms with Crippen molar-refractivity contribution in [2.45, 2.75) is 17.7 Å². The molecule has 0 aliphatic carbocycles. The number of carboxylic acids is 1. The van der Waals surface area contributed by atoms with E-state index in [-0.39, 0.29) is 10.5 Å². The molecular formula is C20H21N3O6S. The van der Waals surface area contributed by atoms with Gasteiger partial charge in [-0.25, -0.2) is 18.6 Å². The van der Waals surface area contributed by atoms with E-state index in [9.17, 15) is 18.0 Å². The number of aliphatic carboxylic acids is 1. The number of benzene rings is 2. The molecule has 30 heavy (non-hydrogen) atoms. The van der Waals surface area contributed by atoms with Gasteiger partial charge in [-0.1, -0.05) is 18.2 Å². The van der Waals surface area contributed by atoms with Gasteiger partial charge in [0.05, 0.1) is 11.1 Å². The predicted octanol–water partition coefficient (Wildman–Crippen LogP) is 1.70. The van der Waals surface area contributed by atoms with Crippen LogP contribution < -0.4 is 10.2 Å². The smallest absolute Gasteiger partial charge is 0.341 e. The third-order valence-corrected chi connectivity index (χ3v) is 6.33. The summed E-state index contributed by atoms with van der Waals surface area (Å²) in [7, 11) is -3.63. The Hall–Kier alpha value is -3.24. The van der Waals surface area contributed by atoms with Crippen LogP contribution in [0.2, 0.25) is 0 Å². The lowest BCUT2D eigenvalue weighted by Gasteiger charge is -2.15. The Morgan fingerprint density at radius 2 is 1.87 bits per heavy atom. The fraction of sp³-hybridized carbons (Fsp3) is 0.250. The first-order chi connectivity index (χ1) is 14.4. The molecular weight excluding hydrogens is 410 g/mol. The second-order valence-corrected chi connectivity index (χ2v) is 8.50. The molecule has 0 unspecified atom stereocenters. The van der Waals surface area contributed by atoms with Gasteiger partial charge in [-0.15, -0.1) is 0 Å². The Labute approximate surface area is 174 Å². The number of carbonyl (C=O) groups is 2. The van der Waals surface area contributed by atoms with E-state index in [2.05, 4.69) is 10.5 Å². The van der Waals surface area contributed by atoms with Crippen molar-refractivity contribution in [2.24, 2.45) is 5.10 Å². The highest BCUT2D eigenvalue weighted by molar-refractivity contribution is 7.89. The number of carbonyl (C=O) groups excluding carboxylic acids is 1. The number of carboxylic acid groups (broad SMARTS) is 1. The molecule has 0 saturated carbocycles. The maximum Gasteiger partial charge on any atom is 0.341 e. The molecule has 158 valence electrons. The fourth-order valence-electron chi connectivity index (χ4n) is 2.96. The molecule has 3 rings (SSSR count). The van der Waals surface area contributed by atoms with Crippen LogP contribution in [0.25, 0.3) is 0 Å². The highest BCUT2D eigenvalue weighted by Gasteiger charge is 2.27.